The second-order valence-corrected chi connectivity index (χ2v) is 11.0. The highest BCUT2D eigenvalue weighted by molar-refractivity contribution is 14.1. The molecule has 1 atom stereocenters. The van der Waals surface area contributed by atoms with Crippen molar-refractivity contribution in [1.29, 1.82) is 0 Å². The number of halogens is 1. The molecule has 0 aliphatic rings. The Morgan fingerprint density at radius 1 is 1.12 bits per heavy atom. The third kappa shape index (κ3) is 7.86. The van der Waals surface area contributed by atoms with Crippen LogP contribution in [0.4, 0.5) is 5.69 Å². The van der Waals surface area contributed by atoms with Crippen LogP contribution < -0.4 is 14.4 Å². The number of amides is 2. The Bertz CT molecular complexity index is 1080. The Morgan fingerprint density at radius 3 is 2.35 bits per heavy atom. The number of anilines is 1. The van der Waals surface area contributed by atoms with Gasteiger partial charge in [0.25, 0.3) is 0 Å². The molecule has 8 nitrogen and oxygen atoms in total. The van der Waals surface area contributed by atoms with Crippen molar-refractivity contribution in [2.24, 2.45) is 0 Å². The fourth-order valence-electron chi connectivity index (χ4n) is 3.47. The van der Waals surface area contributed by atoms with E-state index in [0.717, 1.165) is 26.1 Å². The Morgan fingerprint density at radius 2 is 1.79 bits per heavy atom. The summed E-state index contributed by atoms with van der Waals surface area (Å²) in [6.45, 7) is 3.99. The number of ether oxygens (including phenoxy) is 1. The maximum absolute atomic E-state index is 13.6. The molecule has 2 amide bonds. The molecular formula is C24H32IN3O5S. The standard InChI is InChI=1S/C24H32IN3O5S/c1-5-14-26-24(30)22(6-2)27(16-18-8-7-9-21(15-18)33-3)23(29)17-28(34(4,31)32)20-12-10-19(25)11-13-20/h7-13,15,22H,5-6,14,16-17H2,1-4H3,(H,26,30)/t22-/m0/s1. The van der Waals surface area contributed by atoms with Gasteiger partial charge in [0.05, 0.1) is 19.1 Å². The van der Waals surface area contributed by atoms with Gasteiger partial charge in [-0.2, -0.15) is 0 Å². The number of hydrogen-bond acceptors (Lipinski definition) is 5. The summed E-state index contributed by atoms with van der Waals surface area (Å²) in [4.78, 5) is 28.0. The van der Waals surface area contributed by atoms with Gasteiger partial charge in [0.1, 0.15) is 18.3 Å². The lowest BCUT2D eigenvalue weighted by atomic mass is 10.1. The van der Waals surface area contributed by atoms with Crippen LogP contribution in [0.2, 0.25) is 0 Å². The number of hydrogen-bond donors (Lipinski definition) is 1. The molecule has 2 aromatic rings. The van der Waals surface area contributed by atoms with Crippen molar-refractivity contribution >= 4 is 50.1 Å². The van der Waals surface area contributed by atoms with Gasteiger partial charge in [0.2, 0.25) is 21.8 Å². The summed E-state index contributed by atoms with van der Waals surface area (Å²) in [7, 11) is -2.19. The Hall–Kier alpha value is -2.34. The van der Waals surface area contributed by atoms with Crippen LogP contribution in [0.15, 0.2) is 48.5 Å². The monoisotopic (exact) mass is 601 g/mol. The van der Waals surface area contributed by atoms with Gasteiger partial charge in [0, 0.05) is 16.7 Å². The fourth-order valence-corrected chi connectivity index (χ4v) is 4.68. The Kier molecular flexibility index (Phi) is 10.6. The molecule has 0 radical (unpaired) electrons. The largest absolute Gasteiger partial charge is 0.497 e. The zero-order chi connectivity index (χ0) is 25.3. The summed E-state index contributed by atoms with van der Waals surface area (Å²) in [5, 5.41) is 2.86. The van der Waals surface area contributed by atoms with E-state index in [0.29, 0.717) is 24.4 Å². The summed E-state index contributed by atoms with van der Waals surface area (Å²) in [6.07, 6.45) is 2.21. The van der Waals surface area contributed by atoms with Crippen molar-refractivity contribution in [2.75, 3.05) is 30.8 Å². The molecule has 2 rings (SSSR count). The van der Waals surface area contributed by atoms with Crippen molar-refractivity contribution in [3.05, 3.63) is 57.7 Å². The average molecular weight is 602 g/mol. The molecule has 0 unspecified atom stereocenters. The van der Waals surface area contributed by atoms with Gasteiger partial charge in [-0.15, -0.1) is 0 Å². The second kappa shape index (κ2) is 12.9. The van der Waals surface area contributed by atoms with Crippen LogP contribution in [0, 0.1) is 3.57 Å². The molecule has 0 spiro atoms. The lowest BCUT2D eigenvalue weighted by molar-refractivity contribution is -0.140. The van der Waals surface area contributed by atoms with Crippen LogP contribution in [0.25, 0.3) is 0 Å². The number of methoxy groups -OCH3 is 1. The lowest BCUT2D eigenvalue weighted by Gasteiger charge is -2.33. The highest BCUT2D eigenvalue weighted by Gasteiger charge is 2.31. The molecule has 0 fully saturated rings. The molecule has 10 heteroatoms. The molecule has 0 saturated heterocycles. The molecule has 0 aliphatic heterocycles. The Labute approximate surface area is 215 Å². The fraction of sp³-hybridized carbons (Fsp3) is 0.417. The number of carbonyl (C=O) groups is 2. The highest BCUT2D eigenvalue weighted by Crippen LogP contribution is 2.22. The maximum Gasteiger partial charge on any atom is 0.244 e. The average Bonchev–Trinajstić information content (AvgIpc) is 2.81. The van der Waals surface area contributed by atoms with Crippen molar-refractivity contribution in [3.8, 4) is 5.75 Å². The van der Waals surface area contributed by atoms with Gasteiger partial charge in [-0.25, -0.2) is 8.42 Å². The van der Waals surface area contributed by atoms with Gasteiger partial charge < -0.3 is 15.0 Å². The van der Waals surface area contributed by atoms with Crippen LogP contribution in [0.1, 0.15) is 32.3 Å². The van der Waals surface area contributed by atoms with E-state index >= 15 is 0 Å². The lowest BCUT2D eigenvalue weighted by Crippen LogP contribution is -2.52. The predicted molar refractivity (Wildman–Crippen MR) is 142 cm³/mol. The van der Waals surface area contributed by atoms with E-state index in [1.165, 1.54) is 4.90 Å². The zero-order valence-corrected chi connectivity index (χ0v) is 22.9. The highest BCUT2D eigenvalue weighted by atomic mass is 127. The number of carbonyl (C=O) groups excluding carboxylic acids is 2. The minimum Gasteiger partial charge on any atom is -0.497 e. The zero-order valence-electron chi connectivity index (χ0n) is 20.0. The Balaban J connectivity index is 2.42. The van der Waals surface area contributed by atoms with Gasteiger partial charge in [0.15, 0.2) is 0 Å². The molecule has 0 bridgehead atoms. The van der Waals surface area contributed by atoms with Crippen molar-refractivity contribution < 1.29 is 22.7 Å². The quantitative estimate of drug-likeness (QED) is 0.377. The molecule has 0 heterocycles. The van der Waals surface area contributed by atoms with Crippen LogP contribution in [-0.2, 0) is 26.2 Å². The first-order valence-electron chi connectivity index (χ1n) is 11.0. The van der Waals surface area contributed by atoms with E-state index in [1.54, 1.807) is 43.5 Å². The molecule has 0 saturated carbocycles. The van der Waals surface area contributed by atoms with E-state index in [4.69, 9.17) is 4.74 Å². The molecular weight excluding hydrogens is 569 g/mol. The van der Waals surface area contributed by atoms with E-state index in [1.807, 2.05) is 26.0 Å². The summed E-state index contributed by atoms with van der Waals surface area (Å²) in [5.41, 5.74) is 1.16. The van der Waals surface area contributed by atoms with Gasteiger partial charge in [-0.1, -0.05) is 26.0 Å². The van der Waals surface area contributed by atoms with Gasteiger partial charge in [-0.3, -0.25) is 13.9 Å². The van der Waals surface area contributed by atoms with E-state index < -0.39 is 28.5 Å². The predicted octanol–water partition coefficient (Wildman–Crippen LogP) is 3.40. The molecule has 186 valence electrons. The van der Waals surface area contributed by atoms with Crippen LogP contribution >= 0.6 is 22.6 Å². The van der Waals surface area contributed by atoms with Gasteiger partial charge in [-0.05, 0) is 77.4 Å². The van der Waals surface area contributed by atoms with Crippen LogP contribution in [0.5, 0.6) is 5.75 Å². The number of rotatable bonds is 12. The third-order valence-electron chi connectivity index (χ3n) is 5.22. The third-order valence-corrected chi connectivity index (χ3v) is 7.08. The minimum absolute atomic E-state index is 0.137. The number of nitrogens with one attached hydrogen (secondary N) is 1. The molecule has 34 heavy (non-hydrogen) atoms. The number of benzene rings is 2. The molecule has 2 aromatic carbocycles. The smallest absolute Gasteiger partial charge is 0.244 e. The SMILES string of the molecule is CCCNC(=O)[C@H](CC)N(Cc1cccc(OC)c1)C(=O)CN(c1ccc(I)cc1)S(C)(=O)=O. The van der Waals surface area contributed by atoms with Crippen molar-refractivity contribution in [3.63, 3.8) is 0 Å². The molecule has 0 aromatic heterocycles. The first-order valence-corrected chi connectivity index (χ1v) is 14.0. The molecule has 1 N–H and O–H groups in total. The number of nitrogens with zero attached hydrogens (tertiary/aromatic N) is 2. The summed E-state index contributed by atoms with van der Waals surface area (Å²) >= 11 is 2.13. The summed E-state index contributed by atoms with van der Waals surface area (Å²) < 4.78 is 32.5. The van der Waals surface area contributed by atoms with Crippen molar-refractivity contribution in [1.82, 2.24) is 10.2 Å². The minimum atomic E-state index is -3.75. The summed E-state index contributed by atoms with van der Waals surface area (Å²) in [5.74, 6) is -0.101. The van der Waals surface area contributed by atoms with Gasteiger partial charge >= 0.3 is 0 Å². The van der Waals surface area contributed by atoms with Crippen molar-refractivity contribution in [2.45, 2.75) is 39.3 Å². The second-order valence-electron chi connectivity index (χ2n) is 7.83. The summed E-state index contributed by atoms with van der Waals surface area (Å²) in [6, 6.07) is 13.4. The first-order chi connectivity index (χ1) is 16.1. The van der Waals surface area contributed by atoms with E-state index in [9.17, 15) is 18.0 Å². The first kappa shape index (κ1) is 27.9. The van der Waals surface area contributed by atoms with Crippen LogP contribution in [-0.4, -0.2) is 57.6 Å². The van der Waals surface area contributed by atoms with E-state index in [-0.39, 0.29) is 12.5 Å². The number of sulfonamides is 1. The maximum atomic E-state index is 13.6. The molecule has 0 aliphatic carbocycles. The van der Waals surface area contributed by atoms with Crippen LogP contribution in [0.3, 0.4) is 0 Å². The van der Waals surface area contributed by atoms with E-state index in [2.05, 4.69) is 27.9 Å². The topological polar surface area (TPSA) is 96.0 Å². The normalized spacial score (nSPS) is 12.0.